The third kappa shape index (κ3) is 3.41. The summed E-state index contributed by atoms with van der Waals surface area (Å²) >= 11 is 0. The summed E-state index contributed by atoms with van der Waals surface area (Å²) in [7, 11) is 0. The van der Waals surface area contributed by atoms with E-state index in [4.69, 9.17) is 0 Å². The second-order valence-electron chi connectivity index (χ2n) is 5.33. The molecule has 0 aliphatic carbocycles. The van der Waals surface area contributed by atoms with Crippen LogP contribution in [0.4, 0.5) is 26.3 Å². The second-order valence-corrected chi connectivity index (χ2v) is 5.33. The molecular formula is C15H10F6N4O. The first-order valence-electron chi connectivity index (χ1n) is 7.19. The van der Waals surface area contributed by atoms with Crippen molar-refractivity contribution in [2.75, 3.05) is 0 Å². The Balaban J connectivity index is 1.94. The van der Waals surface area contributed by atoms with Crippen LogP contribution in [-0.2, 0) is 0 Å². The van der Waals surface area contributed by atoms with Crippen molar-refractivity contribution < 1.29 is 31.1 Å². The molecule has 3 heterocycles. The minimum Gasteiger partial charge on any atom is -0.463 e. The quantitative estimate of drug-likeness (QED) is 0.641. The molecule has 11 heteroatoms. The van der Waals surface area contributed by atoms with E-state index in [0.717, 1.165) is 23.7 Å². The van der Waals surface area contributed by atoms with Crippen molar-refractivity contribution in [1.29, 1.82) is 0 Å². The van der Waals surface area contributed by atoms with Crippen molar-refractivity contribution in [2.45, 2.75) is 25.6 Å². The van der Waals surface area contributed by atoms with Gasteiger partial charge in [-0.1, -0.05) is 5.21 Å². The zero-order valence-corrected chi connectivity index (χ0v) is 13.0. The minimum absolute atomic E-state index is 0.0175. The summed E-state index contributed by atoms with van der Waals surface area (Å²) in [4.78, 5) is 3.55. The number of nitrogens with zero attached hydrogens (tertiary/aromatic N) is 4. The van der Waals surface area contributed by atoms with Gasteiger partial charge in [0.15, 0.2) is 17.6 Å². The summed E-state index contributed by atoms with van der Waals surface area (Å²) in [6.07, 6.45) is -7.33. The number of hydrogen-bond acceptors (Lipinski definition) is 4. The van der Waals surface area contributed by atoms with Gasteiger partial charge in [-0.25, -0.2) is 22.7 Å². The van der Waals surface area contributed by atoms with Gasteiger partial charge in [0.2, 0.25) is 0 Å². The van der Waals surface area contributed by atoms with Gasteiger partial charge >= 0.3 is 6.18 Å². The van der Waals surface area contributed by atoms with Crippen molar-refractivity contribution >= 4 is 5.52 Å². The molecule has 0 fully saturated rings. The Morgan fingerprint density at radius 2 is 1.88 bits per heavy atom. The standard InChI is InChI=1S/C15H10F6N4O/c1-7(15(19,20)21)26-14-10(16)4-9(6-22-14)8-2-3-25-11(5-8)12(13(17)18)23-24-25/h2-7,13H,1H3/t7-/m0/s1. The van der Waals surface area contributed by atoms with Crippen molar-refractivity contribution in [3.05, 3.63) is 42.1 Å². The Morgan fingerprint density at radius 3 is 2.50 bits per heavy atom. The van der Waals surface area contributed by atoms with Gasteiger partial charge in [0, 0.05) is 18.0 Å². The Bertz CT molecular complexity index is 940. The monoisotopic (exact) mass is 376 g/mol. The molecule has 0 radical (unpaired) electrons. The van der Waals surface area contributed by atoms with Gasteiger partial charge in [-0.3, -0.25) is 0 Å². The highest BCUT2D eigenvalue weighted by molar-refractivity contribution is 5.69. The van der Waals surface area contributed by atoms with E-state index in [0.29, 0.717) is 5.56 Å². The first-order chi connectivity index (χ1) is 12.2. The van der Waals surface area contributed by atoms with Crippen LogP contribution < -0.4 is 4.74 Å². The van der Waals surface area contributed by atoms with Gasteiger partial charge < -0.3 is 4.74 Å². The molecule has 5 nitrogen and oxygen atoms in total. The molecule has 0 unspecified atom stereocenters. The fourth-order valence-electron chi connectivity index (χ4n) is 2.15. The SMILES string of the molecule is C[C@H](Oc1ncc(-c2ccn3nnc(C(F)F)c3c2)cc1F)C(F)(F)F. The van der Waals surface area contributed by atoms with Crippen molar-refractivity contribution in [3.8, 4) is 17.0 Å². The molecule has 0 aliphatic rings. The molecule has 0 N–H and O–H groups in total. The highest BCUT2D eigenvalue weighted by atomic mass is 19.4. The second kappa shape index (κ2) is 6.46. The molecule has 3 rings (SSSR count). The topological polar surface area (TPSA) is 52.3 Å². The fraction of sp³-hybridized carbons (Fsp3) is 0.267. The average molecular weight is 376 g/mol. The number of fused-ring (bicyclic) bond motifs is 1. The Labute approximate surface area is 142 Å². The lowest BCUT2D eigenvalue weighted by Crippen LogP contribution is -2.31. The van der Waals surface area contributed by atoms with Crippen LogP contribution in [0.5, 0.6) is 5.88 Å². The number of alkyl halides is 5. The van der Waals surface area contributed by atoms with E-state index in [9.17, 15) is 26.3 Å². The largest absolute Gasteiger partial charge is 0.463 e. The van der Waals surface area contributed by atoms with Gasteiger partial charge in [0.1, 0.15) is 0 Å². The predicted molar refractivity (Wildman–Crippen MR) is 77.3 cm³/mol. The van der Waals surface area contributed by atoms with Crippen LogP contribution in [0.1, 0.15) is 19.0 Å². The van der Waals surface area contributed by atoms with Crippen LogP contribution in [0.15, 0.2) is 30.6 Å². The summed E-state index contributed by atoms with van der Waals surface area (Å²) in [5, 5.41) is 6.90. The van der Waals surface area contributed by atoms with E-state index < -0.39 is 36.1 Å². The molecule has 3 aromatic rings. The van der Waals surface area contributed by atoms with E-state index in [1.54, 1.807) is 0 Å². The molecule has 3 aromatic heterocycles. The summed E-state index contributed by atoms with van der Waals surface area (Å²) in [6.45, 7) is 0.724. The van der Waals surface area contributed by atoms with Crippen molar-refractivity contribution in [1.82, 2.24) is 19.8 Å². The third-order valence-electron chi connectivity index (χ3n) is 3.54. The molecule has 0 aromatic carbocycles. The number of halogens is 6. The van der Waals surface area contributed by atoms with Crippen molar-refractivity contribution in [2.24, 2.45) is 0 Å². The lowest BCUT2D eigenvalue weighted by molar-refractivity contribution is -0.190. The normalized spacial score (nSPS) is 13.4. The summed E-state index contributed by atoms with van der Waals surface area (Å²) in [6, 6.07) is 3.66. The Kier molecular flexibility index (Phi) is 4.46. The minimum atomic E-state index is -4.67. The molecular weight excluding hydrogens is 366 g/mol. The first-order valence-corrected chi connectivity index (χ1v) is 7.19. The first kappa shape index (κ1) is 18.0. The van der Waals surface area contributed by atoms with Crippen LogP contribution in [0.3, 0.4) is 0 Å². The van der Waals surface area contributed by atoms with Crippen LogP contribution in [-0.4, -0.2) is 32.1 Å². The Morgan fingerprint density at radius 1 is 1.15 bits per heavy atom. The molecule has 0 aliphatic heterocycles. The summed E-state index contributed by atoms with van der Waals surface area (Å²) in [5.41, 5.74) is -0.0508. The number of aromatic nitrogens is 4. The van der Waals surface area contributed by atoms with Crippen LogP contribution in [0, 0.1) is 5.82 Å². The van der Waals surface area contributed by atoms with Crippen LogP contribution >= 0.6 is 0 Å². The van der Waals surface area contributed by atoms with Crippen LogP contribution in [0.25, 0.3) is 16.6 Å². The van der Waals surface area contributed by atoms with E-state index in [-0.39, 0.29) is 11.1 Å². The number of ether oxygens (including phenoxy) is 1. The smallest absolute Gasteiger partial charge is 0.425 e. The highest BCUT2D eigenvalue weighted by Gasteiger charge is 2.38. The summed E-state index contributed by atoms with van der Waals surface area (Å²) in [5.74, 6) is -1.92. The van der Waals surface area contributed by atoms with E-state index >= 15 is 0 Å². The zero-order valence-electron chi connectivity index (χ0n) is 13.0. The average Bonchev–Trinajstić information content (AvgIpc) is 2.99. The van der Waals surface area contributed by atoms with Gasteiger partial charge in [0.25, 0.3) is 12.3 Å². The molecule has 0 saturated carbocycles. The highest BCUT2D eigenvalue weighted by Crippen LogP contribution is 2.29. The third-order valence-corrected chi connectivity index (χ3v) is 3.54. The number of hydrogen-bond donors (Lipinski definition) is 0. The van der Waals surface area contributed by atoms with Crippen molar-refractivity contribution in [3.63, 3.8) is 0 Å². The molecule has 0 saturated heterocycles. The number of rotatable bonds is 4. The van der Waals surface area contributed by atoms with Gasteiger partial charge in [-0.15, -0.1) is 5.10 Å². The maximum absolute atomic E-state index is 14.0. The zero-order chi connectivity index (χ0) is 19.1. The fourth-order valence-corrected chi connectivity index (χ4v) is 2.15. The lowest BCUT2D eigenvalue weighted by Gasteiger charge is -2.17. The van der Waals surface area contributed by atoms with E-state index in [1.807, 2.05) is 0 Å². The summed E-state index contributed by atoms with van der Waals surface area (Å²) < 4.78 is 82.9. The number of pyridine rings is 2. The molecule has 1 atom stereocenters. The molecule has 0 bridgehead atoms. The molecule has 26 heavy (non-hydrogen) atoms. The lowest BCUT2D eigenvalue weighted by atomic mass is 10.1. The maximum Gasteiger partial charge on any atom is 0.425 e. The van der Waals surface area contributed by atoms with Gasteiger partial charge in [-0.2, -0.15) is 13.2 Å². The van der Waals surface area contributed by atoms with Crippen LogP contribution in [0.2, 0.25) is 0 Å². The molecule has 138 valence electrons. The maximum atomic E-state index is 14.0. The van der Waals surface area contributed by atoms with E-state index in [2.05, 4.69) is 20.0 Å². The van der Waals surface area contributed by atoms with Gasteiger partial charge in [0.05, 0.1) is 5.52 Å². The molecule has 0 spiro atoms. The van der Waals surface area contributed by atoms with E-state index in [1.165, 1.54) is 18.3 Å². The van der Waals surface area contributed by atoms with Gasteiger partial charge in [-0.05, 0) is 30.7 Å². The Hall–Kier alpha value is -2.85. The molecule has 0 amide bonds. The predicted octanol–water partition coefficient (Wildman–Crippen LogP) is 4.20.